The van der Waals surface area contributed by atoms with Crippen molar-refractivity contribution in [3.8, 4) is 12.3 Å². The molecule has 0 fully saturated rings. The zero-order valence-corrected chi connectivity index (χ0v) is 5.69. The number of hydrogen-bond donors (Lipinski definition) is 0. The van der Waals surface area contributed by atoms with Gasteiger partial charge in [0.25, 0.3) is 0 Å². The van der Waals surface area contributed by atoms with Gasteiger partial charge in [0.1, 0.15) is 5.15 Å². The Bertz CT molecular complexity index is 290. The van der Waals surface area contributed by atoms with E-state index in [9.17, 15) is 4.39 Å². The molecule has 1 aromatic rings. The van der Waals surface area contributed by atoms with Crippen molar-refractivity contribution < 1.29 is 4.39 Å². The van der Waals surface area contributed by atoms with Crippen LogP contribution in [-0.2, 0) is 0 Å². The van der Waals surface area contributed by atoms with Crippen molar-refractivity contribution in [2.45, 2.75) is 0 Å². The Hall–Kier alpha value is -1.07. The van der Waals surface area contributed by atoms with E-state index in [1.54, 1.807) is 0 Å². The van der Waals surface area contributed by atoms with E-state index >= 15 is 0 Å². The zero-order valence-electron chi connectivity index (χ0n) is 4.94. The van der Waals surface area contributed by atoms with Gasteiger partial charge in [-0.1, -0.05) is 17.5 Å². The molecule has 0 atom stereocenters. The minimum Gasteiger partial charge on any atom is -0.207 e. The highest BCUT2D eigenvalue weighted by atomic mass is 35.5. The topological polar surface area (TPSA) is 12.9 Å². The Kier molecular flexibility index (Phi) is 1.88. The predicted molar refractivity (Wildman–Crippen MR) is 37.1 cm³/mol. The van der Waals surface area contributed by atoms with E-state index in [0.29, 0.717) is 0 Å². The number of halogens is 2. The van der Waals surface area contributed by atoms with E-state index in [2.05, 4.69) is 10.9 Å². The summed E-state index contributed by atoms with van der Waals surface area (Å²) in [6, 6.07) is 2.85. The monoisotopic (exact) mass is 155 g/mol. The number of rotatable bonds is 0. The second-order valence-electron chi connectivity index (χ2n) is 1.62. The highest BCUT2D eigenvalue weighted by Crippen LogP contribution is 2.08. The molecule has 0 bridgehead atoms. The zero-order chi connectivity index (χ0) is 7.56. The third kappa shape index (κ3) is 1.26. The molecule has 1 aromatic heterocycles. The highest BCUT2D eigenvalue weighted by molar-refractivity contribution is 6.29. The van der Waals surface area contributed by atoms with Crippen LogP contribution in [0, 0.1) is 18.3 Å². The largest absolute Gasteiger partial charge is 0.230 e. The van der Waals surface area contributed by atoms with Gasteiger partial charge in [-0.15, -0.1) is 6.42 Å². The van der Waals surface area contributed by atoms with Gasteiger partial charge in [-0.25, -0.2) is 4.98 Å². The fourth-order valence-corrected chi connectivity index (χ4v) is 0.657. The molecule has 0 aromatic carbocycles. The van der Waals surface area contributed by atoms with E-state index in [1.165, 1.54) is 12.1 Å². The minimum absolute atomic E-state index is 0.108. The fourth-order valence-electron chi connectivity index (χ4n) is 0.520. The van der Waals surface area contributed by atoms with Crippen LogP contribution in [0.25, 0.3) is 0 Å². The molecule has 50 valence electrons. The molecule has 0 spiro atoms. The average molecular weight is 156 g/mol. The van der Waals surface area contributed by atoms with Crippen molar-refractivity contribution in [1.82, 2.24) is 4.98 Å². The summed E-state index contributed by atoms with van der Waals surface area (Å²) in [5, 5.41) is 0.108. The molecule has 0 aliphatic heterocycles. The summed E-state index contributed by atoms with van der Waals surface area (Å²) >= 11 is 5.35. The molecule has 0 aliphatic carbocycles. The SMILES string of the molecule is C#Cc1ccc(Cl)nc1F. The van der Waals surface area contributed by atoms with Crippen LogP contribution in [-0.4, -0.2) is 4.98 Å². The van der Waals surface area contributed by atoms with E-state index < -0.39 is 5.95 Å². The molecule has 1 nitrogen and oxygen atoms in total. The molecule has 0 saturated carbocycles. The van der Waals surface area contributed by atoms with Crippen molar-refractivity contribution in [2.24, 2.45) is 0 Å². The van der Waals surface area contributed by atoms with Crippen molar-refractivity contribution in [3.05, 3.63) is 28.8 Å². The van der Waals surface area contributed by atoms with E-state index in [0.717, 1.165) is 0 Å². The first-order valence-electron chi connectivity index (χ1n) is 2.52. The molecule has 0 saturated heterocycles. The van der Waals surface area contributed by atoms with E-state index in [-0.39, 0.29) is 10.7 Å². The second-order valence-corrected chi connectivity index (χ2v) is 2.00. The van der Waals surface area contributed by atoms with Gasteiger partial charge >= 0.3 is 0 Å². The van der Waals surface area contributed by atoms with Crippen molar-refractivity contribution in [3.63, 3.8) is 0 Å². The maximum absolute atomic E-state index is 12.5. The molecule has 0 radical (unpaired) electrons. The third-order valence-electron chi connectivity index (χ3n) is 0.970. The predicted octanol–water partition coefficient (Wildman–Crippen LogP) is 1.86. The summed E-state index contributed by atoms with van der Waals surface area (Å²) in [7, 11) is 0. The molecule has 0 aliphatic rings. The van der Waals surface area contributed by atoms with Gasteiger partial charge in [-0.05, 0) is 12.1 Å². The summed E-state index contributed by atoms with van der Waals surface area (Å²) in [4.78, 5) is 3.30. The van der Waals surface area contributed by atoms with Crippen LogP contribution in [0.1, 0.15) is 5.56 Å². The third-order valence-corrected chi connectivity index (χ3v) is 1.18. The fraction of sp³-hybridized carbons (Fsp3) is 0. The van der Waals surface area contributed by atoms with Crippen LogP contribution in [0.3, 0.4) is 0 Å². The van der Waals surface area contributed by atoms with Crippen LogP contribution in [0.15, 0.2) is 12.1 Å². The first kappa shape index (κ1) is 7.04. The van der Waals surface area contributed by atoms with Gasteiger partial charge in [0.05, 0.1) is 5.56 Å². The number of pyridine rings is 1. The van der Waals surface area contributed by atoms with Gasteiger partial charge in [0, 0.05) is 0 Å². The lowest BCUT2D eigenvalue weighted by molar-refractivity contribution is 0.580. The molecule has 0 N–H and O–H groups in total. The van der Waals surface area contributed by atoms with E-state index in [1.807, 2.05) is 0 Å². The summed E-state index contributed by atoms with van der Waals surface area (Å²) in [6.45, 7) is 0. The number of hydrogen-bond acceptors (Lipinski definition) is 1. The Balaban J connectivity index is 3.23. The van der Waals surface area contributed by atoms with Crippen LogP contribution < -0.4 is 0 Å². The van der Waals surface area contributed by atoms with Gasteiger partial charge < -0.3 is 0 Å². The van der Waals surface area contributed by atoms with Crippen molar-refractivity contribution in [2.75, 3.05) is 0 Å². The van der Waals surface area contributed by atoms with Crippen LogP contribution in [0.5, 0.6) is 0 Å². The van der Waals surface area contributed by atoms with Crippen molar-refractivity contribution >= 4 is 11.6 Å². The first-order chi connectivity index (χ1) is 4.74. The molecule has 10 heavy (non-hydrogen) atoms. The lowest BCUT2D eigenvalue weighted by Crippen LogP contribution is -1.87. The Morgan fingerprint density at radius 2 is 2.30 bits per heavy atom. The summed E-state index contributed by atoms with van der Waals surface area (Å²) < 4.78 is 12.5. The first-order valence-corrected chi connectivity index (χ1v) is 2.90. The Labute approximate surface area is 62.8 Å². The molecular formula is C7H3ClFN. The minimum atomic E-state index is -0.699. The van der Waals surface area contributed by atoms with Crippen LogP contribution in [0.4, 0.5) is 4.39 Å². The molecule has 1 heterocycles. The number of aromatic nitrogens is 1. The van der Waals surface area contributed by atoms with Gasteiger partial charge in [-0.2, -0.15) is 4.39 Å². The highest BCUT2D eigenvalue weighted by Gasteiger charge is 1.99. The number of terminal acetylenes is 1. The quantitative estimate of drug-likeness (QED) is 0.412. The molecule has 0 amide bonds. The van der Waals surface area contributed by atoms with Gasteiger partial charge in [-0.3, -0.25) is 0 Å². The summed E-state index contributed by atoms with van der Waals surface area (Å²) in [5.74, 6) is 1.43. The standard InChI is InChI=1S/C7H3ClFN/c1-2-5-3-4-6(8)10-7(5)9/h1,3-4H. The van der Waals surface area contributed by atoms with Gasteiger partial charge in [0.15, 0.2) is 0 Å². The van der Waals surface area contributed by atoms with E-state index in [4.69, 9.17) is 18.0 Å². The van der Waals surface area contributed by atoms with Crippen LogP contribution in [0.2, 0.25) is 5.15 Å². The normalized spacial score (nSPS) is 8.90. The average Bonchev–Trinajstić information content (AvgIpc) is 1.88. The maximum atomic E-state index is 12.5. The number of nitrogens with zero attached hydrogens (tertiary/aromatic N) is 1. The second kappa shape index (κ2) is 2.68. The smallest absolute Gasteiger partial charge is 0.207 e. The summed E-state index contributed by atoms with van der Waals surface area (Å²) in [6.07, 6.45) is 4.93. The Morgan fingerprint density at radius 3 is 2.80 bits per heavy atom. The Morgan fingerprint density at radius 1 is 1.60 bits per heavy atom. The van der Waals surface area contributed by atoms with Crippen molar-refractivity contribution in [1.29, 1.82) is 0 Å². The van der Waals surface area contributed by atoms with Crippen LogP contribution >= 0.6 is 11.6 Å². The lowest BCUT2D eigenvalue weighted by atomic mass is 10.3. The molecular weight excluding hydrogens is 153 g/mol. The summed E-state index contributed by atoms with van der Waals surface area (Å²) in [5.41, 5.74) is 0.129. The molecule has 0 unspecified atom stereocenters. The maximum Gasteiger partial charge on any atom is 0.230 e. The lowest BCUT2D eigenvalue weighted by Gasteiger charge is -1.91. The van der Waals surface area contributed by atoms with Gasteiger partial charge in [0.2, 0.25) is 5.95 Å². The molecule has 1 rings (SSSR count). The molecule has 3 heteroatoms.